The molecule has 0 atom stereocenters. The fourth-order valence-corrected chi connectivity index (χ4v) is 14.5. The molecular weight excluding hydrogens is 917 g/mol. The Morgan fingerprint density at radius 3 is 1.18 bits per heavy atom. The minimum atomic E-state index is -0.277. The van der Waals surface area contributed by atoms with Crippen LogP contribution in [0.3, 0.4) is 0 Å². The third-order valence-corrected chi connectivity index (χ3v) is 18.8. The molecule has 0 N–H and O–H groups in total. The lowest BCUT2D eigenvalue weighted by atomic mass is 9.79. The molecule has 0 unspecified atom stereocenters. The highest BCUT2D eigenvalue weighted by Gasteiger charge is 2.44. The molecule has 0 saturated carbocycles. The van der Waals surface area contributed by atoms with Gasteiger partial charge in [-0.15, -0.1) is 0 Å². The van der Waals surface area contributed by atoms with Crippen molar-refractivity contribution < 1.29 is 0 Å². The van der Waals surface area contributed by atoms with Gasteiger partial charge in [-0.3, -0.25) is 0 Å². The van der Waals surface area contributed by atoms with Gasteiger partial charge in [-0.05, 0) is 211 Å². The SMILES string of the molecule is Cc1ccc(C)c(N(c2ccc3c(c2)C(C)(C)c2ccccc2-3)c2ccc3c(c2)C(C)(C)c2cc4c(cc2-3)C(C)(C)c2cc(N(c3ccc5c(c3)C(C)(C)c3ccccc3-5)c3cc(C)ccc3C)c3ccccc3c2-4)c1. The molecule has 0 saturated heterocycles. The van der Waals surface area contributed by atoms with Crippen molar-refractivity contribution in [2.45, 2.75) is 105 Å². The highest BCUT2D eigenvalue weighted by atomic mass is 15.2. The third kappa shape index (κ3) is 6.34. The summed E-state index contributed by atoms with van der Waals surface area (Å²) in [7, 11) is 0. The van der Waals surface area contributed by atoms with E-state index in [1.807, 2.05) is 0 Å². The van der Waals surface area contributed by atoms with Crippen LogP contribution in [0.15, 0.2) is 182 Å². The van der Waals surface area contributed by atoms with Gasteiger partial charge in [-0.25, -0.2) is 0 Å². The van der Waals surface area contributed by atoms with E-state index in [-0.39, 0.29) is 21.7 Å². The second-order valence-electron chi connectivity index (χ2n) is 24.8. The Morgan fingerprint density at radius 1 is 0.263 bits per heavy atom. The predicted octanol–water partition coefficient (Wildman–Crippen LogP) is 20.2. The summed E-state index contributed by atoms with van der Waals surface area (Å²) in [6, 6.07) is 70.4. The van der Waals surface area contributed by atoms with Crippen LogP contribution in [0, 0.1) is 27.7 Å². The standard InChI is InChI=1S/C74H66N2/c1-43-25-27-45(3)67(35-43)75(47-29-32-52-50-19-15-17-23-59(50)71(5,6)61(52)37-47)48-30-34-54-57-40-65-58(41-64(57)73(9,10)63(54)38-48)70-56-22-14-13-21-55(56)69(42-66(70)74(65,11)12)76(68-36-44(2)26-28-46(68)4)49-31-33-53-51-20-16-18-24-60(51)72(7,8)62(53)39-49/h13-42H,1-12H3. The molecule has 0 fully saturated rings. The van der Waals surface area contributed by atoms with Gasteiger partial charge in [0.25, 0.3) is 0 Å². The zero-order valence-corrected chi connectivity index (χ0v) is 46.2. The van der Waals surface area contributed by atoms with Gasteiger partial charge in [0.2, 0.25) is 0 Å². The maximum absolute atomic E-state index is 2.59. The molecule has 14 rings (SSSR count). The van der Waals surface area contributed by atoms with Gasteiger partial charge in [-0.1, -0.05) is 171 Å². The van der Waals surface area contributed by atoms with E-state index in [9.17, 15) is 0 Å². The summed E-state index contributed by atoms with van der Waals surface area (Å²) in [5.41, 5.74) is 33.3. The molecule has 372 valence electrons. The Balaban J connectivity index is 0.917. The number of nitrogens with zero attached hydrogens (tertiary/aromatic N) is 2. The summed E-state index contributed by atoms with van der Waals surface area (Å²) in [4.78, 5) is 5.10. The fraction of sp³-hybridized carbons (Fsp3) is 0.216. The average Bonchev–Trinajstić information content (AvgIpc) is 4.01. The molecule has 2 nitrogen and oxygen atoms in total. The van der Waals surface area contributed by atoms with E-state index in [1.165, 1.54) is 156 Å². The van der Waals surface area contributed by atoms with Crippen LogP contribution in [0.5, 0.6) is 0 Å². The molecule has 0 radical (unpaired) electrons. The van der Waals surface area contributed by atoms with E-state index < -0.39 is 0 Å². The Bertz CT molecular complexity index is 4170. The van der Waals surface area contributed by atoms with Crippen molar-refractivity contribution in [3.05, 3.63) is 249 Å². The lowest BCUT2D eigenvalue weighted by Gasteiger charge is -2.32. The maximum atomic E-state index is 2.59. The second kappa shape index (κ2) is 15.8. The molecular formula is C74H66N2. The average molecular weight is 983 g/mol. The monoisotopic (exact) mass is 983 g/mol. The molecule has 0 spiro atoms. The van der Waals surface area contributed by atoms with Gasteiger partial charge in [0.1, 0.15) is 0 Å². The molecule has 0 heterocycles. The van der Waals surface area contributed by atoms with Crippen molar-refractivity contribution >= 4 is 44.9 Å². The maximum Gasteiger partial charge on any atom is 0.0543 e. The topological polar surface area (TPSA) is 6.48 Å². The summed E-state index contributed by atoms with van der Waals surface area (Å²) in [5, 5.41) is 2.55. The van der Waals surface area contributed by atoms with Crippen molar-refractivity contribution in [3.8, 4) is 44.5 Å². The summed E-state index contributed by atoms with van der Waals surface area (Å²) >= 11 is 0. The quantitative estimate of drug-likeness (QED) is 0.164. The fourth-order valence-electron chi connectivity index (χ4n) is 14.5. The first kappa shape index (κ1) is 46.6. The Kier molecular flexibility index (Phi) is 9.69. The van der Waals surface area contributed by atoms with Crippen molar-refractivity contribution in [2.24, 2.45) is 0 Å². The zero-order valence-electron chi connectivity index (χ0n) is 46.2. The first-order valence-electron chi connectivity index (χ1n) is 27.5. The van der Waals surface area contributed by atoms with Crippen molar-refractivity contribution in [3.63, 3.8) is 0 Å². The van der Waals surface area contributed by atoms with Crippen molar-refractivity contribution in [2.75, 3.05) is 9.80 Å². The van der Waals surface area contributed by atoms with Crippen LogP contribution >= 0.6 is 0 Å². The number of benzene rings is 10. The first-order valence-corrected chi connectivity index (χ1v) is 27.5. The Labute approximate surface area is 450 Å². The summed E-state index contributed by atoms with van der Waals surface area (Å²) < 4.78 is 0. The van der Waals surface area contributed by atoms with Crippen LogP contribution in [0.1, 0.15) is 122 Å². The van der Waals surface area contributed by atoms with Gasteiger partial charge < -0.3 is 9.80 Å². The second-order valence-corrected chi connectivity index (χ2v) is 24.8. The number of anilines is 6. The Morgan fingerprint density at radius 2 is 0.645 bits per heavy atom. The lowest BCUT2D eigenvalue weighted by Crippen LogP contribution is -2.19. The molecule has 4 aliphatic rings. The smallest absolute Gasteiger partial charge is 0.0543 e. The van der Waals surface area contributed by atoms with E-state index in [0.717, 1.165) is 0 Å². The number of rotatable bonds is 6. The number of aryl methyl sites for hydroxylation is 4. The highest BCUT2D eigenvalue weighted by Crippen LogP contribution is 2.61. The van der Waals surface area contributed by atoms with Gasteiger partial charge in [-0.2, -0.15) is 0 Å². The lowest BCUT2D eigenvalue weighted by molar-refractivity contribution is 0.652. The summed E-state index contributed by atoms with van der Waals surface area (Å²) in [6.07, 6.45) is 0. The van der Waals surface area contributed by atoms with Crippen LogP contribution in [0.2, 0.25) is 0 Å². The molecule has 10 aromatic rings. The van der Waals surface area contributed by atoms with E-state index in [0.29, 0.717) is 0 Å². The predicted molar refractivity (Wildman–Crippen MR) is 323 cm³/mol. The molecule has 2 heteroatoms. The van der Waals surface area contributed by atoms with Crippen LogP contribution in [0.4, 0.5) is 34.1 Å². The van der Waals surface area contributed by atoms with E-state index in [4.69, 9.17) is 0 Å². The largest absolute Gasteiger partial charge is 0.310 e. The molecule has 0 aromatic heterocycles. The molecule has 0 amide bonds. The molecule has 4 aliphatic carbocycles. The number of fused-ring (bicyclic) bond motifs is 14. The normalized spacial score (nSPS) is 15.8. The van der Waals surface area contributed by atoms with Gasteiger partial charge in [0, 0.05) is 55.5 Å². The number of hydrogen-bond donors (Lipinski definition) is 0. The van der Waals surface area contributed by atoms with Gasteiger partial charge >= 0.3 is 0 Å². The van der Waals surface area contributed by atoms with Crippen molar-refractivity contribution in [1.82, 2.24) is 0 Å². The third-order valence-electron chi connectivity index (χ3n) is 18.8. The molecule has 76 heavy (non-hydrogen) atoms. The summed E-state index contributed by atoms with van der Waals surface area (Å²) in [5.74, 6) is 0. The van der Waals surface area contributed by atoms with Crippen molar-refractivity contribution in [1.29, 1.82) is 0 Å². The van der Waals surface area contributed by atoms with E-state index in [2.05, 4.69) is 275 Å². The summed E-state index contributed by atoms with van der Waals surface area (Å²) in [6.45, 7) is 28.3. The molecule has 0 bridgehead atoms. The van der Waals surface area contributed by atoms with Crippen LogP contribution in [0.25, 0.3) is 55.3 Å². The van der Waals surface area contributed by atoms with E-state index in [1.54, 1.807) is 0 Å². The van der Waals surface area contributed by atoms with Gasteiger partial charge in [0.05, 0.1) is 5.69 Å². The minimum absolute atomic E-state index is 0.108. The van der Waals surface area contributed by atoms with Crippen LogP contribution in [-0.4, -0.2) is 0 Å². The number of hydrogen-bond acceptors (Lipinski definition) is 2. The highest BCUT2D eigenvalue weighted by molar-refractivity contribution is 6.11. The van der Waals surface area contributed by atoms with E-state index >= 15 is 0 Å². The first-order chi connectivity index (χ1) is 36.3. The Hall–Kier alpha value is -7.94. The zero-order chi connectivity index (χ0) is 52.5. The molecule has 10 aromatic carbocycles. The van der Waals surface area contributed by atoms with Gasteiger partial charge in [0.15, 0.2) is 0 Å². The van der Waals surface area contributed by atoms with Crippen LogP contribution in [-0.2, 0) is 21.7 Å². The minimum Gasteiger partial charge on any atom is -0.310 e. The molecule has 0 aliphatic heterocycles. The van der Waals surface area contributed by atoms with Crippen LogP contribution < -0.4 is 9.80 Å².